The van der Waals surface area contributed by atoms with Gasteiger partial charge in [0.15, 0.2) is 0 Å². The van der Waals surface area contributed by atoms with Crippen molar-refractivity contribution in [3.8, 4) is 0 Å². The van der Waals surface area contributed by atoms with Crippen LogP contribution in [0.1, 0.15) is 45.2 Å². The highest BCUT2D eigenvalue weighted by Gasteiger charge is 2.08. The molecule has 0 radical (unpaired) electrons. The molecule has 0 amide bonds. The average molecular weight is 285 g/mol. The summed E-state index contributed by atoms with van der Waals surface area (Å²) in [6.07, 6.45) is 6.45. The standard InChI is InChI=1S/C18H23NO2/c1-4-5-14(3)19-9-8-16-12-15(6-7-17(16)19)10-13(2)11-18(20)21/h6-9,11-12,14H,4-5,10H2,1-3H3,(H,20,21). The third-order valence-electron chi connectivity index (χ3n) is 3.82. The summed E-state index contributed by atoms with van der Waals surface area (Å²) >= 11 is 0. The fourth-order valence-corrected chi connectivity index (χ4v) is 2.85. The zero-order chi connectivity index (χ0) is 15.4. The quantitative estimate of drug-likeness (QED) is 0.790. The number of fused-ring (bicyclic) bond motifs is 1. The van der Waals surface area contributed by atoms with E-state index in [4.69, 9.17) is 5.11 Å². The summed E-state index contributed by atoms with van der Waals surface area (Å²) in [5, 5.41) is 9.99. The molecule has 112 valence electrons. The van der Waals surface area contributed by atoms with Crippen molar-refractivity contribution in [3.05, 3.63) is 47.7 Å². The van der Waals surface area contributed by atoms with Gasteiger partial charge in [0.1, 0.15) is 0 Å². The van der Waals surface area contributed by atoms with Gasteiger partial charge in [0.2, 0.25) is 0 Å². The number of nitrogens with zero attached hydrogens (tertiary/aromatic N) is 1. The molecule has 0 spiro atoms. The molecule has 21 heavy (non-hydrogen) atoms. The lowest BCUT2D eigenvalue weighted by Gasteiger charge is -2.14. The molecule has 1 aromatic heterocycles. The van der Waals surface area contributed by atoms with Crippen LogP contribution in [0.15, 0.2) is 42.1 Å². The Balaban J connectivity index is 2.26. The van der Waals surface area contributed by atoms with Gasteiger partial charge in [0.05, 0.1) is 0 Å². The lowest BCUT2D eigenvalue weighted by atomic mass is 10.0. The minimum absolute atomic E-state index is 0.506. The Hall–Kier alpha value is -2.03. The third-order valence-corrected chi connectivity index (χ3v) is 3.82. The summed E-state index contributed by atoms with van der Waals surface area (Å²) in [5.41, 5.74) is 3.26. The summed E-state index contributed by atoms with van der Waals surface area (Å²) in [5.74, 6) is -0.881. The number of hydrogen-bond donors (Lipinski definition) is 1. The van der Waals surface area contributed by atoms with Gasteiger partial charge in [-0.1, -0.05) is 25.0 Å². The van der Waals surface area contributed by atoms with Gasteiger partial charge in [-0.25, -0.2) is 4.79 Å². The van der Waals surface area contributed by atoms with Gasteiger partial charge in [0.25, 0.3) is 0 Å². The third kappa shape index (κ3) is 3.75. The summed E-state index contributed by atoms with van der Waals surface area (Å²) in [6, 6.07) is 9.04. The molecule has 1 atom stereocenters. The fraction of sp³-hybridized carbons (Fsp3) is 0.389. The number of carboxylic acids is 1. The van der Waals surface area contributed by atoms with Crippen LogP contribution in [-0.2, 0) is 11.2 Å². The smallest absolute Gasteiger partial charge is 0.328 e. The molecule has 1 unspecified atom stereocenters. The maximum atomic E-state index is 10.7. The zero-order valence-electron chi connectivity index (χ0n) is 13.0. The maximum Gasteiger partial charge on any atom is 0.328 e. The van der Waals surface area contributed by atoms with Gasteiger partial charge >= 0.3 is 5.97 Å². The number of allylic oxidation sites excluding steroid dienone is 1. The van der Waals surface area contributed by atoms with Crippen molar-refractivity contribution in [1.29, 1.82) is 0 Å². The summed E-state index contributed by atoms with van der Waals surface area (Å²) in [7, 11) is 0. The fourth-order valence-electron chi connectivity index (χ4n) is 2.85. The highest BCUT2D eigenvalue weighted by atomic mass is 16.4. The molecule has 0 aliphatic heterocycles. The summed E-state index contributed by atoms with van der Waals surface area (Å²) in [4.78, 5) is 10.7. The second-order valence-electron chi connectivity index (χ2n) is 5.76. The van der Waals surface area contributed by atoms with E-state index in [9.17, 15) is 4.79 Å². The van der Waals surface area contributed by atoms with Gasteiger partial charge in [-0.05, 0) is 55.8 Å². The van der Waals surface area contributed by atoms with E-state index < -0.39 is 5.97 Å². The van der Waals surface area contributed by atoms with Crippen LogP contribution in [0.2, 0.25) is 0 Å². The number of hydrogen-bond acceptors (Lipinski definition) is 1. The van der Waals surface area contributed by atoms with Crippen molar-refractivity contribution in [3.63, 3.8) is 0 Å². The predicted octanol–water partition coefficient (Wildman–Crippen LogP) is 4.58. The Bertz CT molecular complexity index is 667. The Morgan fingerprint density at radius 3 is 2.81 bits per heavy atom. The molecule has 0 aliphatic carbocycles. The Morgan fingerprint density at radius 1 is 1.38 bits per heavy atom. The first-order valence-electron chi connectivity index (χ1n) is 7.50. The van der Waals surface area contributed by atoms with Crippen molar-refractivity contribution in [2.45, 2.75) is 46.1 Å². The summed E-state index contributed by atoms with van der Waals surface area (Å²) < 4.78 is 2.32. The Kier molecular flexibility index (Phi) is 4.84. The largest absolute Gasteiger partial charge is 0.478 e. The van der Waals surface area contributed by atoms with E-state index in [0.717, 1.165) is 11.1 Å². The number of benzene rings is 1. The predicted molar refractivity (Wildman–Crippen MR) is 86.7 cm³/mol. The van der Waals surface area contributed by atoms with Crippen molar-refractivity contribution in [2.75, 3.05) is 0 Å². The monoisotopic (exact) mass is 285 g/mol. The van der Waals surface area contributed by atoms with E-state index in [1.807, 2.05) is 6.92 Å². The molecule has 3 heteroatoms. The molecule has 0 fully saturated rings. The van der Waals surface area contributed by atoms with Crippen molar-refractivity contribution in [1.82, 2.24) is 4.57 Å². The molecular weight excluding hydrogens is 262 g/mol. The van der Waals surface area contributed by atoms with Crippen LogP contribution in [0.4, 0.5) is 0 Å². The van der Waals surface area contributed by atoms with Crippen LogP contribution in [0, 0.1) is 0 Å². The lowest BCUT2D eigenvalue weighted by molar-refractivity contribution is -0.131. The molecule has 1 heterocycles. The number of aromatic nitrogens is 1. The van der Waals surface area contributed by atoms with E-state index in [1.165, 1.54) is 29.8 Å². The number of rotatable bonds is 6. The maximum absolute atomic E-state index is 10.7. The van der Waals surface area contributed by atoms with Crippen LogP contribution >= 0.6 is 0 Å². The van der Waals surface area contributed by atoms with E-state index in [2.05, 4.69) is 48.9 Å². The van der Waals surface area contributed by atoms with Crippen molar-refractivity contribution in [2.24, 2.45) is 0 Å². The minimum atomic E-state index is -0.881. The number of carbonyl (C=O) groups is 1. The van der Waals surface area contributed by atoms with Crippen molar-refractivity contribution >= 4 is 16.9 Å². The highest BCUT2D eigenvalue weighted by molar-refractivity contribution is 5.82. The first kappa shape index (κ1) is 15.4. The second kappa shape index (κ2) is 6.61. The molecule has 2 aromatic rings. The van der Waals surface area contributed by atoms with E-state index in [-0.39, 0.29) is 0 Å². The SMILES string of the molecule is CCCC(C)n1ccc2cc(CC(C)=CC(=O)O)ccc21. The highest BCUT2D eigenvalue weighted by Crippen LogP contribution is 2.24. The topological polar surface area (TPSA) is 42.2 Å². The molecule has 3 nitrogen and oxygen atoms in total. The Labute approximate surface area is 125 Å². The van der Waals surface area contributed by atoms with Gasteiger partial charge in [-0.3, -0.25) is 0 Å². The molecule has 0 saturated carbocycles. The zero-order valence-corrected chi connectivity index (χ0v) is 13.0. The van der Waals surface area contributed by atoms with Crippen LogP contribution in [-0.4, -0.2) is 15.6 Å². The van der Waals surface area contributed by atoms with Crippen molar-refractivity contribution < 1.29 is 9.90 Å². The summed E-state index contributed by atoms with van der Waals surface area (Å²) in [6.45, 7) is 6.31. The number of aliphatic carboxylic acids is 1. The van der Waals surface area contributed by atoms with E-state index in [1.54, 1.807) is 0 Å². The van der Waals surface area contributed by atoms with E-state index in [0.29, 0.717) is 12.5 Å². The number of carboxylic acid groups (broad SMARTS) is 1. The van der Waals surface area contributed by atoms with Gasteiger partial charge in [-0.2, -0.15) is 0 Å². The molecule has 0 aliphatic rings. The molecule has 0 bridgehead atoms. The first-order valence-corrected chi connectivity index (χ1v) is 7.50. The van der Waals surface area contributed by atoms with Crippen LogP contribution < -0.4 is 0 Å². The first-order chi connectivity index (χ1) is 10.0. The molecule has 0 saturated heterocycles. The van der Waals surface area contributed by atoms with Gasteiger partial charge in [-0.15, -0.1) is 0 Å². The molecular formula is C18H23NO2. The van der Waals surface area contributed by atoms with E-state index >= 15 is 0 Å². The van der Waals surface area contributed by atoms with Gasteiger partial charge in [0, 0.05) is 23.8 Å². The molecule has 1 aromatic carbocycles. The molecule has 1 N–H and O–H groups in total. The lowest BCUT2D eigenvalue weighted by Crippen LogP contribution is -2.02. The van der Waals surface area contributed by atoms with Crippen LogP contribution in [0.3, 0.4) is 0 Å². The van der Waals surface area contributed by atoms with Crippen LogP contribution in [0.25, 0.3) is 10.9 Å². The minimum Gasteiger partial charge on any atom is -0.478 e. The normalized spacial score (nSPS) is 13.6. The van der Waals surface area contributed by atoms with Gasteiger partial charge < -0.3 is 9.67 Å². The second-order valence-corrected chi connectivity index (χ2v) is 5.76. The van der Waals surface area contributed by atoms with Crippen LogP contribution in [0.5, 0.6) is 0 Å². The average Bonchev–Trinajstić information content (AvgIpc) is 2.80. The molecule has 2 rings (SSSR count). The Morgan fingerprint density at radius 2 is 2.14 bits per heavy atom.